The van der Waals surface area contributed by atoms with Crippen molar-refractivity contribution < 1.29 is 4.79 Å². The van der Waals surface area contributed by atoms with E-state index in [0.717, 1.165) is 25.1 Å². The van der Waals surface area contributed by atoms with Crippen LogP contribution in [0.1, 0.15) is 38.2 Å². The van der Waals surface area contributed by atoms with Crippen molar-refractivity contribution in [2.45, 2.75) is 45.6 Å². The first-order valence-electron chi connectivity index (χ1n) is 7.77. The third-order valence-corrected chi connectivity index (χ3v) is 3.54. The molecule has 0 radical (unpaired) electrons. The van der Waals surface area contributed by atoms with E-state index in [9.17, 15) is 4.79 Å². The van der Waals surface area contributed by atoms with Gasteiger partial charge >= 0.3 is 0 Å². The molecular weight excluding hydrogens is 260 g/mol. The van der Waals surface area contributed by atoms with Crippen molar-refractivity contribution in [1.82, 2.24) is 4.57 Å². The molecule has 0 unspecified atom stereocenters. The van der Waals surface area contributed by atoms with Crippen LogP contribution >= 0.6 is 0 Å². The van der Waals surface area contributed by atoms with Crippen LogP contribution in [-0.4, -0.2) is 10.5 Å². The topological polar surface area (TPSA) is 34.0 Å². The third-order valence-electron chi connectivity index (χ3n) is 3.54. The molecule has 0 saturated heterocycles. The lowest BCUT2D eigenvalue weighted by atomic mass is 10.1. The van der Waals surface area contributed by atoms with E-state index >= 15 is 0 Å². The lowest BCUT2D eigenvalue weighted by Crippen LogP contribution is -2.12. The van der Waals surface area contributed by atoms with Crippen LogP contribution < -0.4 is 5.32 Å². The van der Waals surface area contributed by atoms with Crippen LogP contribution in [0.5, 0.6) is 0 Å². The van der Waals surface area contributed by atoms with Gasteiger partial charge < -0.3 is 9.88 Å². The third kappa shape index (κ3) is 5.46. The monoisotopic (exact) mass is 284 g/mol. The van der Waals surface area contributed by atoms with Crippen molar-refractivity contribution >= 4 is 11.6 Å². The van der Waals surface area contributed by atoms with Crippen LogP contribution in [0.15, 0.2) is 48.8 Å². The van der Waals surface area contributed by atoms with Crippen LogP contribution in [0.3, 0.4) is 0 Å². The van der Waals surface area contributed by atoms with Gasteiger partial charge in [0.25, 0.3) is 0 Å². The Morgan fingerprint density at radius 2 is 1.81 bits per heavy atom. The van der Waals surface area contributed by atoms with E-state index in [0.29, 0.717) is 6.42 Å². The Balaban J connectivity index is 1.71. The van der Waals surface area contributed by atoms with Crippen LogP contribution in [0.25, 0.3) is 0 Å². The Morgan fingerprint density at radius 3 is 2.48 bits per heavy atom. The molecule has 21 heavy (non-hydrogen) atoms. The van der Waals surface area contributed by atoms with Gasteiger partial charge in [-0.2, -0.15) is 0 Å². The van der Waals surface area contributed by atoms with Crippen molar-refractivity contribution in [2.24, 2.45) is 0 Å². The first-order valence-corrected chi connectivity index (χ1v) is 7.77. The minimum atomic E-state index is 0.0865. The number of carbonyl (C=O) groups excluding carboxylic acids is 1. The molecule has 1 aromatic heterocycles. The van der Waals surface area contributed by atoms with Gasteiger partial charge in [-0.15, -0.1) is 0 Å². The molecule has 1 amide bonds. The van der Waals surface area contributed by atoms with Gasteiger partial charge in [0.15, 0.2) is 0 Å². The second kappa shape index (κ2) is 8.30. The number of nitrogens with one attached hydrogen (secondary N) is 1. The van der Waals surface area contributed by atoms with E-state index in [-0.39, 0.29) is 5.91 Å². The lowest BCUT2D eigenvalue weighted by Gasteiger charge is -2.07. The Labute approximate surface area is 127 Å². The number of carbonyl (C=O) groups is 1. The zero-order valence-electron chi connectivity index (χ0n) is 12.7. The Hall–Kier alpha value is -2.03. The molecule has 0 saturated carbocycles. The number of aromatic nitrogens is 1. The van der Waals surface area contributed by atoms with E-state index < -0.39 is 0 Å². The Kier molecular flexibility index (Phi) is 6.07. The van der Waals surface area contributed by atoms with E-state index in [1.165, 1.54) is 18.4 Å². The maximum atomic E-state index is 11.9. The van der Waals surface area contributed by atoms with E-state index in [4.69, 9.17) is 0 Å². The minimum absolute atomic E-state index is 0.0865. The second-order valence-corrected chi connectivity index (χ2v) is 5.37. The summed E-state index contributed by atoms with van der Waals surface area (Å²) in [6, 6.07) is 12.2. The van der Waals surface area contributed by atoms with E-state index in [1.807, 2.05) is 36.7 Å². The van der Waals surface area contributed by atoms with Crippen LogP contribution in [0.2, 0.25) is 0 Å². The highest BCUT2D eigenvalue weighted by molar-refractivity contribution is 5.90. The Morgan fingerprint density at radius 1 is 1.10 bits per heavy atom. The number of amides is 1. The number of hydrogen-bond acceptors (Lipinski definition) is 1. The molecular formula is C18H24N2O. The predicted molar refractivity (Wildman–Crippen MR) is 87.3 cm³/mol. The first kappa shape index (κ1) is 15.4. The molecule has 2 aromatic rings. The average molecular weight is 284 g/mol. The normalized spacial score (nSPS) is 10.5. The smallest absolute Gasteiger partial charge is 0.224 e. The quantitative estimate of drug-likeness (QED) is 0.772. The molecule has 0 aliphatic carbocycles. The van der Waals surface area contributed by atoms with E-state index in [2.05, 4.69) is 28.9 Å². The standard InChI is InChI=1S/C18H24N2O/c1-2-3-7-16-9-11-17(12-10-16)19-18(21)8-6-15-20-13-4-5-14-20/h4-5,9-14H,2-3,6-8,15H2,1H3,(H,19,21). The van der Waals surface area contributed by atoms with Crippen LogP contribution in [-0.2, 0) is 17.8 Å². The molecule has 1 N–H and O–H groups in total. The summed E-state index contributed by atoms with van der Waals surface area (Å²) >= 11 is 0. The van der Waals surface area contributed by atoms with Gasteiger partial charge in [0.2, 0.25) is 5.91 Å². The van der Waals surface area contributed by atoms with Crippen LogP contribution in [0, 0.1) is 0 Å². The van der Waals surface area contributed by atoms with Gasteiger partial charge in [0.1, 0.15) is 0 Å². The highest BCUT2D eigenvalue weighted by Crippen LogP contribution is 2.12. The van der Waals surface area contributed by atoms with Crippen molar-refractivity contribution in [3.63, 3.8) is 0 Å². The summed E-state index contributed by atoms with van der Waals surface area (Å²) in [6.07, 6.45) is 8.98. The van der Waals surface area contributed by atoms with Gasteiger partial charge in [-0.25, -0.2) is 0 Å². The maximum absolute atomic E-state index is 11.9. The number of anilines is 1. The molecule has 0 aliphatic rings. The fourth-order valence-electron chi connectivity index (χ4n) is 2.30. The van der Waals surface area contributed by atoms with Gasteiger partial charge in [-0.1, -0.05) is 25.5 Å². The van der Waals surface area contributed by atoms with Gasteiger partial charge in [0, 0.05) is 31.0 Å². The summed E-state index contributed by atoms with van der Waals surface area (Å²) in [5.41, 5.74) is 2.23. The maximum Gasteiger partial charge on any atom is 0.224 e. The molecule has 0 atom stereocenters. The molecule has 1 aromatic carbocycles. The summed E-state index contributed by atoms with van der Waals surface area (Å²) in [5.74, 6) is 0.0865. The summed E-state index contributed by atoms with van der Waals surface area (Å²) in [7, 11) is 0. The van der Waals surface area contributed by atoms with Gasteiger partial charge in [0.05, 0.1) is 0 Å². The summed E-state index contributed by atoms with van der Waals surface area (Å²) in [4.78, 5) is 11.9. The van der Waals surface area contributed by atoms with Crippen molar-refractivity contribution in [3.8, 4) is 0 Å². The molecule has 0 aliphatic heterocycles. The second-order valence-electron chi connectivity index (χ2n) is 5.37. The van der Waals surface area contributed by atoms with Crippen LogP contribution in [0.4, 0.5) is 5.69 Å². The molecule has 0 spiro atoms. The van der Waals surface area contributed by atoms with Crippen molar-refractivity contribution in [3.05, 3.63) is 54.4 Å². The number of benzene rings is 1. The molecule has 3 nitrogen and oxygen atoms in total. The summed E-state index contributed by atoms with van der Waals surface area (Å²) < 4.78 is 2.09. The molecule has 2 rings (SSSR count). The summed E-state index contributed by atoms with van der Waals surface area (Å²) in [5, 5.41) is 2.96. The number of hydrogen-bond donors (Lipinski definition) is 1. The van der Waals surface area contributed by atoms with Crippen molar-refractivity contribution in [1.29, 1.82) is 0 Å². The number of unbranched alkanes of at least 4 members (excludes halogenated alkanes) is 1. The van der Waals surface area contributed by atoms with Crippen molar-refractivity contribution in [2.75, 3.05) is 5.32 Å². The molecule has 1 heterocycles. The minimum Gasteiger partial charge on any atom is -0.354 e. The van der Waals surface area contributed by atoms with Gasteiger partial charge in [-0.05, 0) is 49.1 Å². The number of aryl methyl sites for hydroxylation is 2. The Bertz CT molecular complexity index is 529. The first-order chi connectivity index (χ1) is 10.3. The molecule has 0 bridgehead atoms. The highest BCUT2D eigenvalue weighted by Gasteiger charge is 2.02. The number of nitrogens with zero attached hydrogens (tertiary/aromatic N) is 1. The molecule has 3 heteroatoms. The lowest BCUT2D eigenvalue weighted by molar-refractivity contribution is -0.116. The summed E-state index contributed by atoms with van der Waals surface area (Å²) in [6.45, 7) is 3.08. The average Bonchev–Trinajstić information content (AvgIpc) is 3.00. The fraction of sp³-hybridized carbons (Fsp3) is 0.389. The fourth-order valence-corrected chi connectivity index (χ4v) is 2.30. The molecule has 112 valence electrons. The zero-order valence-corrected chi connectivity index (χ0v) is 12.7. The predicted octanol–water partition coefficient (Wildman–Crippen LogP) is 4.25. The SMILES string of the molecule is CCCCc1ccc(NC(=O)CCCn2cccc2)cc1. The highest BCUT2D eigenvalue weighted by atomic mass is 16.1. The molecule has 0 fully saturated rings. The zero-order chi connectivity index (χ0) is 14.9. The van der Waals surface area contributed by atoms with Gasteiger partial charge in [-0.3, -0.25) is 4.79 Å². The van der Waals surface area contributed by atoms with E-state index in [1.54, 1.807) is 0 Å². The largest absolute Gasteiger partial charge is 0.354 e. The number of rotatable bonds is 8.